The maximum atomic E-state index is 6.43. The van der Waals surface area contributed by atoms with Crippen LogP contribution in [0.15, 0.2) is 12.3 Å². The Morgan fingerprint density at radius 1 is 1.44 bits per heavy atom. The van der Waals surface area contributed by atoms with Crippen LogP contribution in [0.5, 0.6) is 0 Å². The normalized spacial score (nSPS) is 25.0. The van der Waals surface area contributed by atoms with Crippen LogP contribution in [-0.2, 0) is 6.54 Å². The fraction of sp³-hybridized carbons (Fsp3) is 0.786. The molecule has 0 radical (unpaired) electrons. The molecule has 0 bridgehead atoms. The van der Waals surface area contributed by atoms with E-state index in [4.69, 9.17) is 11.6 Å². The van der Waals surface area contributed by atoms with E-state index >= 15 is 0 Å². The Bertz CT molecular complexity index is 375. The molecule has 2 rings (SSSR count). The summed E-state index contributed by atoms with van der Waals surface area (Å²) in [5.41, 5.74) is 1.14. The number of rotatable bonds is 4. The third-order valence-electron chi connectivity index (χ3n) is 3.82. The van der Waals surface area contributed by atoms with E-state index < -0.39 is 0 Å². The Kier molecular flexibility index (Phi) is 4.68. The standard InChI is InChI=1S/C14H24ClN3/c1-11(2)18-9-8-12(16-18)10-17(3)14-7-5-4-6-13(14)15/h8-9,11,13-14H,4-7,10H2,1-3H3. The van der Waals surface area contributed by atoms with E-state index in [-0.39, 0.29) is 0 Å². The van der Waals surface area contributed by atoms with Gasteiger partial charge in [0.05, 0.1) is 5.69 Å². The van der Waals surface area contributed by atoms with Crippen LogP contribution >= 0.6 is 11.6 Å². The quantitative estimate of drug-likeness (QED) is 0.781. The summed E-state index contributed by atoms with van der Waals surface area (Å²) in [5, 5.41) is 4.90. The van der Waals surface area contributed by atoms with Crippen molar-refractivity contribution in [2.75, 3.05) is 7.05 Å². The third-order valence-corrected chi connectivity index (χ3v) is 4.33. The molecule has 4 heteroatoms. The van der Waals surface area contributed by atoms with Gasteiger partial charge < -0.3 is 0 Å². The average molecular weight is 270 g/mol. The predicted molar refractivity (Wildman–Crippen MR) is 76.0 cm³/mol. The molecular formula is C14H24ClN3. The molecule has 1 fully saturated rings. The molecular weight excluding hydrogens is 246 g/mol. The van der Waals surface area contributed by atoms with Crippen LogP contribution in [0, 0.1) is 0 Å². The highest BCUT2D eigenvalue weighted by Crippen LogP contribution is 2.27. The fourth-order valence-electron chi connectivity index (χ4n) is 2.68. The summed E-state index contributed by atoms with van der Waals surface area (Å²) in [6, 6.07) is 3.05. The van der Waals surface area contributed by atoms with Crippen LogP contribution in [0.3, 0.4) is 0 Å². The Morgan fingerprint density at radius 3 is 2.78 bits per heavy atom. The monoisotopic (exact) mass is 269 g/mol. The van der Waals surface area contributed by atoms with Gasteiger partial charge >= 0.3 is 0 Å². The van der Waals surface area contributed by atoms with Crippen molar-refractivity contribution in [3.05, 3.63) is 18.0 Å². The summed E-state index contributed by atoms with van der Waals surface area (Å²) in [7, 11) is 2.17. The molecule has 0 saturated heterocycles. The fourth-order valence-corrected chi connectivity index (χ4v) is 3.16. The SMILES string of the molecule is CC(C)n1ccc(CN(C)C2CCCCC2Cl)n1. The molecule has 1 aromatic rings. The minimum absolute atomic E-state index is 0.302. The first-order valence-electron chi connectivity index (χ1n) is 6.96. The molecule has 1 heterocycles. The number of hydrogen-bond acceptors (Lipinski definition) is 2. The predicted octanol–water partition coefficient (Wildman–Crippen LogP) is 3.45. The number of alkyl halides is 1. The maximum absolute atomic E-state index is 6.43. The number of hydrogen-bond donors (Lipinski definition) is 0. The highest BCUT2D eigenvalue weighted by Gasteiger charge is 2.26. The first-order valence-corrected chi connectivity index (χ1v) is 7.40. The van der Waals surface area contributed by atoms with Crippen molar-refractivity contribution in [3.8, 4) is 0 Å². The lowest BCUT2D eigenvalue weighted by molar-refractivity contribution is 0.186. The molecule has 0 spiro atoms. The lowest BCUT2D eigenvalue weighted by Gasteiger charge is -2.34. The zero-order chi connectivity index (χ0) is 13.1. The van der Waals surface area contributed by atoms with Crippen LogP contribution in [0.2, 0.25) is 0 Å². The van der Waals surface area contributed by atoms with E-state index in [0.717, 1.165) is 18.7 Å². The van der Waals surface area contributed by atoms with Gasteiger partial charge in [0.2, 0.25) is 0 Å². The van der Waals surface area contributed by atoms with Crippen LogP contribution in [0.4, 0.5) is 0 Å². The van der Waals surface area contributed by atoms with Crippen molar-refractivity contribution in [2.45, 2.75) is 63.5 Å². The third kappa shape index (κ3) is 3.27. The van der Waals surface area contributed by atoms with Crippen LogP contribution in [0.1, 0.15) is 51.3 Å². The highest BCUT2D eigenvalue weighted by atomic mass is 35.5. The van der Waals surface area contributed by atoms with Gasteiger partial charge in [-0.1, -0.05) is 12.8 Å². The lowest BCUT2D eigenvalue weighted by atomic mass is 9.94. The van der Waals surface area contributed by atoms with Crippen LogP contribution in [-0.4, -0.2) is 33.1 Å². The highest BCUT2D eigenvalue weighted by molar-refractivity contribution is 6.21. The number of nitrogens with zero attached hydrogens (tertiary/aromatic N) is 3. The molecule has 1 aliphatic rings. The first-order chi connectivity index (χ1) is 8.58. The summed E-state index contributed by atoms with van der Waals surface area (Å²) < 4.78 is 2.02. The summed E-state index contributed by atoms with van der Waals surface area (Å²) in [6.07, 6.45) is 7.01. The van der Waals surface area contributed by atoms with E-state index in [1.54, 1.807) is 0 Å². The minimum Gasteiger partial charge on any atom is -0.296 e. The summed E-state index contributed by atoms with van der Waals surface area (Å²) >= 11 is 6.43. The van der Waals surface area contributed by atoms with Crippen molar-refractivity contribution >= 4 is 11.6 Å². The number of halogens is 1. The second-order valence-corrected chi connectivity index (χ2v) is 6.22. The molecule has 3 nitrogen and oxygen atoms in total. The van der Waals surface area contributed by atoms with E-state index in [0.29, 0.717) is 17.5 Å². The van der Waals surface area contributed by atoms with E-state index in [1.165, 1.54) is 19.3 Å². The number of aromatic nitrogens is 2. The second kappa shape index (κ2) is 6.07. The molecule has 0 aromatic carbocycles. The Balaban J connectivity index is 1.95. The van der Waals surface area contributed by atoms with Gasteiger partial charge in [-0.25, -0.2) is 0 Å². The Labute approximate surface area is 115 Å². The average Bonchev–Trinajstić information content (AvgIpc) is 2.78. The van der Waals surface area contributed by atoms with Gasteiger partial charge in [0, 0.05) is 30.2 Å². The summed E-state index contributed by atoms with van der Waals surface area (Å²) in [6.45, 7) is 5.19. The topological polar surface area (TPSA) is 21.1 Å². The molecule has 1 aliphatic carbocycles. The molecule has 0 amide bonds. The van der Waals surface area contributed by atoms with Crippen LogP contribution < -0.4 is 0 Å². The Hall–Kier alpha value is -0.540. The van der Waals surface area contributed by atoms with Crippen molar-refractivity contribution in [1.82, 2.24) is 14.7 Å². The lowest BCUT2D eigenvalue weighted by Crippen LogP contribution is -2.40. The van der Waals surface area contributed by atoms with Gasteiger partial charge in [-0.3, -0.25) is 9.58 Å². The Morgan fingerprint density at radius 2 is 2.17 bits per heavy atom. The molecule has 102 valence electrons. The molecule has 1 saturated carbocycles. The van der Waals surface area contributed by atoms with Crippen LogP contribution in [0.25, 0.3) is 0 Å². The summed E-state index contributed by atoms with van der Waals surface area (Å²) in [5.74, 6) is 0. The van der Waals surface area contributed by atoms with Crippen molar-refractivity contribution < 1.29 is 0 Å². The smallest absolute Gasteiger partial charge is 0.0764 e. The molecule has 0 aliphatic heterocycles. The second-order valence-electron chi connectivity index (χ2n) is 5.66. The van der Waals surface area contributed by atoms with Gasteiger partial charge in [0.1, 0.15) is 0 Å². The summed E-state index contributed by atoms with van der Waals surface area (Å²) in [4.78, 5) is 2.36. The molecule has 2 unspecified atom stereocenters. The molecule has 18 heavy (non-hydrogen) atoms. The van der Waals surface area contributed by atoms with Crippen molar-refractivity contribution in [3.63, 3.8) is 0 Å². The molecule has 1 aromatic heterocycles. The van der Waals surface area contributed by atoms with Gasteiger partial charge in [-0.15, -0.1) is 11.6 Å². The van der Waals surface area contributed by atoms with E-state index in [1.807, 2.05) is 4.68 Å². The minimum atomic E-state index is 0.302. The van der Waals surface area contributed by atoms with Gasteiger partial charge in [-0.05, 0) is 39.8 Å². The van der Waals surface area contributed by atoms with Gasteiger partial charge in [0.15, 0.2) is 0 Å². The van der Waals surface area contributed by atoms with Gasteiger partial charge in [0.25, 0.3) is 0 Å². The zero-order valence-electron chi connectivity index (χ0n) is 11.6. The maximum Gasteiger partial charge on any atom is 0.0764 e. The molecule has 0 N–H and O–H groups in total. The van der Waals surface area contributed by atoms with Crippen molar-refractivity contribution in [1.29, 1.82) is 0 Å². The first kappa shape index (κ1) is 13.9. The van der Waals surface area contributed by atoms with Crippen molar-refractivity contribution in [2.24, 2.45) is 0 Å². The van der Waals surface area contributed by atoms with E-state index in [2.05, 4.69) is 43.2 Å². The largest absolute Gasteiger partial charge is 0.296 e. The van der Waals surface area contributed by atoms with E-state index in [9.17, 15) is 0 Å². The molecule has 2 atom stereocenters. The zero-order valence-corrected chi connectivity index (χ0v) is 12.4. The van der Waals surface area contributed by atoms with Gasteiger partial charge in [-0.2, -0.15) is 5.10 Å².